The molecular formula is C11H17N. The van der Waals surface area contributed by atoms with Crippen molar-refractivity contribution < 1.29 is 0 Å². The van der Waals surface area contributed by atoms with Crippen LogP contribution in [0.2, 0.25) is 0 Å². The maximum Gasteiger partial charge on any atom is 0.0292 e. The molecule has 2 N–H and O–H groups in total. The van der Waals surface area contributed by atoms with Gasteiger partial charge in [-0.2, -0.15) is 0 Å². The number of nitrogens with two attached hydrogens (primary N) is 1. The second kappa shape index (κ2) is 4.27. The van der Waals surface area contributed by atoms with Crippen molar-refractivity contribution in [2.45, 2.75) is 32.7 Å². The zero-order valence-corrected chi connectivity index (χ0v) is 7.88. The van der Waals surface area contributed by atoms with Crippen molar-refractivity contribution in [2.75, 3.05) is 0 Å². The summed E-state index contributed by atoms with van der Waals surface area (Å²) in [5, 5.41) is 0. The van der Waals surface area contributed by atoms with Crippen LogP contribution < -0.4 is 5.73 Å². The molecule has 0 amide bonds. The largest absolute Gasteiger partial charge is 0.324 e. The standard InChI is InChI=1S/C11H17N/c1-3-9-6-5-7-10(8-9)11(12)4-2/h5-8,11H,3-4,12H2,1-2H3. The monoisotopic (exact) mass is 163 g/mol. The predicted molar refractivity (Wildman–Crippen MR) is 53.0 cm³/mol. The Hall–Kier alpha value is -0.820. The minimum atomic E-state index is 0.205. The van der Waals surface area contributed by atoms with Gasteiger partial charge in [0.2, 0.25) is 0 Å². The summed E-state index contributed by atoms with van der Waals surface area (Å²) >= 11 is 0. The number of hydrogen-bond acceptors (Lipinski definition) is 1. The molecule has 1 unspecified atom stereocenters. The number of benzene rings is 1. The van der Waals surface area contributed by atoms with Crippen molar-refractivity contribution in [2.24, 2.45) is 5.73 Å². The van der Waals surface area contributed by atoms with E-state index in [2.05, 4.69) is 38.1 Å². The maximum absolute atomic E-state index is 5.92. The molecule has 1 nitrogen and oxygen atoms in total. The Bertz CT molecular complexity index is 243. The Morgan fingerprint density at radius 1 is 1.33 bits per heavy atom. The molecule has 1 atom stereocenters. The van der Waals surface area contributed by atoms with Crippen molar-refractivity contribution in [1.82, 2.24) is 0 Å². The lowest BCUT2D eigenvalue weighted by Gasteiger charge is -2.09. The van der Waals surface area contributed by atoms with Crippen LogP contribution in [0.3, 0.4) is 0 Å². The van der Waals surface area contributed by atoms with Crippen LogP contribution in [0.5, 0.6) is 0 Å². The van der Waals surface area contributed by atoms with E-state index in [4.69, 9.17) is 5.73 Å². The first-order valence-corrected chi connectivity index (χ1v) is 4.62. The van der Waals surface area contributed by atoms with Gasteiger partial charge in [-0.3, -0.25) is 0 Å². The third-order valence-corrected chi connectivity index (χ3v) is 2.23. The van der Waals surface area contributed by atoms with Crippen LogP contribution in [-0.4, -0.2) is 0 Å². The third kappa shape index (κ3) is 2.08. The van der Waals surface area contributed by atoms with Gasteiger partial charge in [-0.1, -0.05) is 38.1 Å². The molecule has 0 saturated carbocycles. The molecular weight excluding hydrogens is 146 g/mol. The number of rotatable bonds is 3. The van der Waals surface area contributed by atoms with Gasteiger partial charge in [0.1, 0.15) is 0 Å². The summed E-state index contributed by atoms with van der Waals surface area (Å²) in [6.07, 6.45) is 2.09. The van der Waals surface area contributed by atoms with E-state index in [-0.39, 0.29) is 6.04 Å². The van der Waals surface area contributed by atoms with Crippen molar-refractivity contribution in [3.63, 3.8) is 0 Å². The van der Waals surface area contributed by atoms with E-state index >= 15 is 0 Å². The molecule has 0 aliphatic rings. The second-order valence-electron chi connectivity index (χ2n) is 3.11. The van der Waals surface area contributed by atoms with Gasteiger partial charge in [0, 0.05) is 6.04 Å². The minimum Gasteiger partial charge on any atom is -0.324 e. The highest BCUT2D eigenvalue weighted by atomic mass is 14.6. The summed E-state index contributed by atoms with van der Waals surface area (Å²) in [5.41, 5.74) is 8.55. The molecule has 0 aliphatic carbocycles. The lowest BCUT2D eigenvalue weighted by atomic mass is 10.0. The van der Waals surface area contributed by atoms with Crippen LogP contribution in [0, 0.1) is 0 Å². The second-order valence-corrected chi connectivity index (χ2v) is 3.11. The zero-order valence-electron chi connectivity index (χ0n) is 7.88. The first kappa shape index (κ1) is 9.27. The number of hydrogen-bond donors (Lipinski definition) is 1. The molecule has 0 spiro atoms. The molecule has 1 aromatic carbocycles. The van der Waals surface area contributed by atoms with Crippen molar-refractivity contribution in [3.05, 3.63) is 35.4 Å². The molecule has 0 fully saturated rings. The maximum atomic E-state index is 5.92. The smallest absolute Gasteiger partial charge is 0.0292 e. The quantitative estimate of drug-likeness (QED) is 0.728. The minimum absolute atomic E-state index is 0.205. The highest BCUT2D eigenvalue weighted by molar-refractivity contribution is 5.25. The van der Waals surface area contributed by atoms with Crippen molar-refractivity contribution >= 4 is 0 Å². The van der Waals surface area contributed by atoms with Crippen LogP contribution in [-0.2, 0) is 6.42 Å². The SMILES string of the molecule is CCc1cccc(C(N)CC)c1. The molecule has 66 valence electrons. The molecule has 1 heteroatoms. The Morgan fingerprint density at radius 2 is 2.08 bits per heavy atom. The Kier molecular flexibility index (Phi) is 3.30. The summed E-state index contributed by atoms with van der Waals surface area (Å²) in [7, 11) is 0. The first-order valence-electron chi connectivity index (χ1n) is 4.62. The average molecular weight is 163 g/mol. The Balaban J connectivity index is 2.86. The fraction of sp³-hybridized carbons (Fsp3) is 0.455. The molecule has 0 saturated heterocycles. The highest BCUT2D eigenvalue weighted by Gasteiger charge is 2.02. The summed E-state index contributed by atoms with van der Waals surface area (Å²) < 4.78 is 0. The van der Waals surface area contributed by atoms with E-state index in [0.717, 1.165) is 12.8 Å². The van der Waals surface area contributed by atoms with Crippen LogP contribution in [0.1, 0.15) is 37.4 Å². The fourth-order valence-electron chi connectivity index (χ4n) is 1.28. The fourth-order valence-corrected chi connectivity index (χ4v) is 1.28. The predicted octanol–water partition coefficient (Wildman–Crippen LogP) is 2.66. The Labute approximate surface area is 74.6 Å². The zero-order chi connectivity index (χ0) is 8.97. The molecule has 0 heterocycles. The van der Waals surface area contributed by atoms with Gasteiger partial charge in [-0.25, -0.2) is 0 Å². The molecule has 1 rings (SSSR count). The van der Waals surface area contributed by atoms with Gasteiger partial charge in [0.25, 0.3) is 0 Å². The topological polar surface area (TPSA) is 26.0 Å². The first-order chi connectivity index (χ1) is 5.77. The van der Waals surface area contributed by atoms with Crippen molar-refractivity contribution in [1.29, 1.82) is 0 Å². The molecule has 0 radical (unpaired) electrons. The highest BCUT2D eigenvalue weighted by Crippen LogP contribution is 2.15. The molecule has 0 aromatic heterocycles. The summed E-state index contributed by atoms with van der Waals surface area (Å²) in [6.45, 7) is 4.28. The van der Waals surface area contributed by atoms with E-state index in [1.165, 1.54) is 11.1 Å². The van der Waals surface area contributed by atoms with Gasteiger partial charge in [-0.05, 0) is 24.0 Å². The summed E-state index contributed by atoms with van der Waals surface area (Å²) in [4.78, 5) is 0. The Morgan fingerprint density at radius 3 is 2.67 bits per heavy atom. The third-order valence-electron chi connectivity index (χ3n) is 2.23. The lowest BCUT2D eigenvalue weighted by molar-refractivity contribution is 0.697. The van der Waals surface area contributed by atoms with Gasteiger partial charge in [0.15, 0.2) is 0 Å². The van der Waals surface area contributed by atoms with Gasteiger partial charge < -0.3 is 5.73 Å². The van der Waals surface area contributed by atoms with Crippen LogP contribution in [0.25, 0.3) is 0 Å². The molecule has 1 aromatic rings. The lowest BCUT2D eigenvalue weighted by Crippen LogP contribution is -2.08. The molecule has 12 heavy (non-hydrogen) atoms. The van der Waals surface area contributed by atoms with Gasteiger partial charge >= 0.3 is 0 Å². The van der Waals surface area contributed by atoms with E-state index < -0.39 is 0 Å². The number of aryl methyl sites for hydroxylation is 1. The van der Waals surface area contributed by atoms with Crippen LogP contribution in [0.4, 0.5) is 0 Å². The summed E-state index contributed by atoms with van der Waals surface area (Å²) in [6, 6.07) is 8.74. The van der Waals surface area contributed by atoms with Gasteiger partial charge in [0.05, 0.1) is 0 Å². The summed E-state index contributed by atoms with van der Waals surface area (Å²) in [5.74, 6) is 0. The van der Waals surface area contributed by atoms with E-state index in [1.54, 1.807) is 0 Å². The average Bonchev–Trinajstić information content (AvgIpc) is 2.17. The van der Waals surface area contributed by atoms with E-state index in [1.807, 2.05) is 0 Å². The van der Waals surface area contributed by atoms with Crippen LogP contribution in [0.15, 0.2) is 24.3 Å². The van der Waals surface area contributed by atoms with Gasteiger partial charge in [-0.15, -0.1) is 0 Å². The van der Waals surface area contributed by atoms with E-state index in [9.17, 15) is 0 Å². The molecule has 0 bridgehead atoms. The van der Waals surface area contributed by atoms with Crippen molar-refractivity contribution in [3.8, 4) is 0 Å². The molecule has 0 aliphatic heterocycles. The van der Waals surface area contributed by atoms with Crippen LogP contribution >= 0.6 is 0 Å². The van der Waals surface area contributed by atoms with E-state index in [0.29, 0.717) is 0 Å². The normalized spacial score (nSPS) is 12.9.